The third-order valence-corrected chi connectivity index (χ3v) is 3.74. The van der Waals surface area contributed by atoms with Gasteiger partial charge in [-0.15, -0.1) is 0 Å². The van der Waals surface area contributed by atoms with E-state index in [1.165, 1.54) is 0 Å². The van der Waals surface area contributed by atoms with Gasteiger partial charge in [-0.05, 0) is 36.8 Å². The van der Waals surface area contributed by atoms with Crippen molar-refractivity contribution in [2.45, 2.75) is 19.9 Å². The topological polar surface area (TPSA) is 58.6 Å². The van der Waals surface area contributed by atoms with Gasteiger partial charge in [-0.2, -0.15) is 0 Å². The van der Waals surface area contributed by atoms with E-state index in [2.05, 4.69) is 5.32 Å². The maximum Gasteiger partial charge on any atom is 0.322 e. The first kappa shape index (κ1) is 18.8. The summed E-state index contributed by atoms with van der Waals surface area (Å²) < 4.78 is 4.94. The Morgan fingerprint density at radius 3 is 2.40 bits per heavy atom. The van der Waals surface area contributed by atoms with E-state index in [9.17, 15) is 9.59 Å². The van der Waals surface area contributed by atoms with Crippen LogP contribution in [-0.4, -0.2) is 30.1 Å². The molecule has 0 aromatic heterocycles. The quantitative estimate of drug-likeness (QED) is 0.748. The first-order chi connectivity index (χ1) is 12.1. The molecule has 0 bridgehead atoms. The van der Waals surface area contributed by atoms with Crippen LogP contribution in [-0.2, 0) is 16.1 Å². The number of carbonyl (C=O) groups excluding carboxylic acids is 2. The molecule has 0 aliphatic rings. The summed E-state index contributed by atoms with van der Waals surface area (Å²) in [4.78, 5) is 25.8. The van der Waals surface area contributed by atoms with Gasteiger partial charge in [0.05, 0.1) is 13.0 Å². The Kier molecular flexibility index (Phi) is 7.29. The second-order valence-electron chi connectivity index (χ2n) is 5.40. The second kappa shape index (κ2) is 9.69. The number of hydrogen-bond acceptors (Lipinski definition) is 3. The molecular weight excluding hydrogens is 340 g/mol. The lowest BCUT2D eigenvalue weighted by Crippen LogP contribution is -2.36. The Balaban J connectivity index is 2.04. The molecule has 0 radical (unpaired) electrons. The molecule has 0 saturated heterocycles. The number of urea groups is 1. The van der Waals surface area contributed by atoms with E-state index in [0.29, 0.717) is 23.9 Å². The van der Waals surface area contributed by atoms with E-state index < -0.39 is 0 Å². The minimum atomic E-state index is -0.320. The number of nitrogens with one attached hydrogen (secondary N) is 1. The van der Waals surface area contributed by atoms with Gasteiger partial charge in [-0.25, -0.2) is 4.79 Å². The van der Waals surface area contributed by atoms with E-state index >= 15 is 0 Å². The highest BCUT2D eigenvalue weighted by Gasteiger charge is 2.16. The Morgan fingerprint density at radius 1 is 1.08 bits per heavy atom. The van der Waals surface area contributed by atoms with Crippen LogP contribution < -0.4 is 5.32 Å². The molecule has 2 amide bonds. The Morgan fingerprint density at radius 2 is 1.76 bits per heavy atom. The average Bonchev–Trinajstić information content (AvgIpc) is 2.61. The highest BCUT2D eigenvalue weighted by molar-refractivity contribution is 6.30. The van der Waals surface area contributed by atoms with Crippen molar-refractivity contribution < 1.29 is 14.3 Å². The van der Waals surface area contributed by atoms with Crippen LogP contribution >= 0.6 is 11.6 Å². The third kappa shape index (κ3) is 6.47. The Hall–Kier alpha value is -2.53. The van der Waals surface area contributed by atoms with Crippen LogP contribution in [0.1, 0.15) is 18.9 Å². The molecular formula is C19H21ClN2O3. The lowest BCUT2D eigenvalue weighted by molar-refractivity contribution is -0.143. The monoisotopic (exact) mass is 360 g/mol. The summed E-state index contributed by atoms with van der Waals surface area (Å²) in [6, 6.07) is 16.2. The van der Waals surface area contributed by atoms with Gasteiger partial charge in [0.1, 0.15) is 0 Å². The molecule has 25 heavy (non-hydrogen) atoms. The van der Waals surface area contributed by atoms with E-state index in [1.54, 1.807) is 36.1 Å². The molecule has 0 fully saturated rings. The molecule has 0 saturated carbocycles. The van der Waals surface area contributed by atoms with Gasteiger partial charge >= 0.3 is 12.0 Å². The lowest BCUT2D eigenvalue weighted by atomic mass is 10.2. The summed E-state index contributed by atoms with van der Waals surface area (Å²) in [5.74, 6) is -0.320. The first-order valence-electron chi connectivity index (χ1n) is 8.09. The van der Waals surface area contributed by atoms with Crippen molar-refractivity contribution in [2.24, 2.45) is 0 Å². The molecule has 0 aliphatic carbocycles. The number of esters is 1. The summed E-state index contributed by atoms with van der Waals surface area (Å²) >= 11 is 5.86. The maximum atomic E-state index is 12.6. The number of nitrogens with zero attached hydrogens (tertiary/aromatic N) is 1. The van der Waals surface area contributed by atoms with Crippen molar-refractivity contribution in [3.8, 4) is 0 Å². The number of ether oxygens (including phenoxy) is 1. The summed E-state index contributed by atoms with van der Waals surface area (Å²) in [5, 5.41) is 3.42. The van der Waals surface area contributed by atoms with Gasteiger partial charge in [0.15, 0.2) is 0 Å². The number of hydrogen-bond donors (Lipinski definition) is 1. The van der Waals surface area contributed by atoms with Gasteiger partial charge in [-0.1, -0.05) is 41.9 Å². The van der Waals surface area contributed by atoms with Crippen molar-refractivity contribution in [1.82, 2.24) is 4.90 Å². The zero-order valence-corrected chi connectivity index (χ0v) is 14.8. The molecule has 132 valence electrons. The van der Waals surface area contributed by atoms with Crippen LogP contribution in [0.5, 0.6) is 0 Å². The molecule has 2 aromatic carbocycles. The van der Waals surface area contributed by atoms with Crippen molar-refractivity contribution in [3.63, 3.8) is 0 Å². The lowest BCUT2D eigenvalue weighted by Gasteiger charge is -2.23. The molecule has 1 N–H and O–H groups in total. The fourth-order valence-corrected chi connectivity index (χ4v) is 2.38. The first-order valence-corrected chi connectivity index (χ1v) is 8.47. The molecule has 6 heteroatoms. The molecule has 0 aliphatic heterocycles. The number of rotatable bonds is 7. The molecule has 0 unspecified atom stereocenters. The summed E-state index contributed by atoms with van der Waals surface area (Å²) in [7, 11) is 0. The maximum absolute atomic E-state index is 12.6. The molecule has 2 rings (SSSR count). The normalized spacial score (nSPS) is 10.2. The van der Waals surface area contributed by atoms with Crippen LogP contribution in [0.2, 0.25) is 5.02 Å². The van der Waals surface area contributed by atoms with E-state index in [0.717, 1.165) is 5.56 Å². The number of benzene rings is 2. The minimum Gasteiger partial charge on any atom is -0.466 e. The zero-order valence-electron chi connectivity index (χ0n) is 14.1. The Bertz CT molecular complexity index is 690. The summed E-state index contributed by atoms with van der Waals surface area (Å²) in [6.45, 7) is 2.76. The Labute approximate surface area is 152 Å². The summed E-state index contributed by atoms with van der Waals surface area (Å²) in [5.41, 5.74) is 1.63. The van der Waals surface area contributed by atoms with Gasteiger partial charge in [0.2, 0.25) is 0 Å². The SMILES string of the molecule is CCOC(=O)CCN(Cc1ccccc1)C(=O)Nc1ccc(Cl)cc1. The number of anilines is 1. The molecule has 0 atom stereocenters. The van der Waals surface area contributed by atoms with E-state index in [4.69, 9.17) is 16.3 Å². The highest BCUT2D eigenvalue weighted by atomic mass is 35.5. The highest BCUT2D eigenvalue weighted by Crippen LogP contribution is 2.15. The number of carbonyl (C=O) groups is 2. The smallest absolute Gasteiger partial charge is 0.322 e. The molecule has 0 heterocycles. The molecule has 0 spiro atoms. The summed E-state index contributed by atoms with van der Waals surface area (Å²) in [6.07, 6.45) is 0.148. The van der Waals surface area contributed by atoms with E-state index in [-0.39, 0.29) is 25.0 Å². The zero-order chi connectivity index (χ0) is 18.1. The van der Waals surface area contributed by atoms with Crippen LogP contribution in [0, 0.1) is 0 Å². The minimum absolute atomic E-state index is 0.148. The van der Waals surface area contributed by atoms with Crippen molar-refractivity contribution in [1.29, 1.82) is 0 Å². The predicted molar refractivity (Wildman–Crippen MR) is 98.6 cm³/mol. The van der Waals surface area contributed by atoms with Crippen LogP contribution in [0.15, 0.2) is 54.6 Å². The fraction of sp³-hybridized carbons (Fsp3) is 0.263. The van der Waals surface area contributed by atoms with Crippen LogP contribution in [0.25, 0.3) is 0 Å². The third-order valence-electron chi connectivity index (χ3n) is 3.49. The standard InChI is InChI=1S/C19H21ClN2O3/c1-2-25-18(23)12-13-22(14-15-6-4-3-5-7-15)19(24)21-17-10-8-16(20)9-11-17/h3-11H,2,12-14H2,1H3,(H,21,24). The fourth-order valence-electron chi connectivity index (χ4n) is 2.25. The van der Waals surface area contributed by atoms with Gasteiger partial charge in [-0.3, -0.25) is 4.79 Å². The van der Waals surface area contributed by atoms with Gasteiger partial charge in [0, 0.05) is 23.8 Å². The van der Waals surface area contributed by atoms with Gasteiger partial charge in [0.25, 0.3) is 0 Å². The van der Waals surface area contributed by atoms with Crippen LogP contribution in [0.3, 0.4) is 0 Å². The molecule has 5 nitrogen and oxygen atoms in total. The predicted octanol–water partition coefficient (Wildman–Crippen LogP) is 4.33. The largest absolute Gasteiger partial charge is 0.466 e. The van der Waals surface area contributed by atoms with E-state index in [1.807, 2.05) is 30.3 Å². The second-order valence-corrected chi connectivity index (χ2v) is 5.84. The van der Waals surface area contributed by atoms with Gasteiger partial charge < -0.3 is 15.0 Å². The number of halogens is 1. The van der Waals surface area contributed by atoms with Crippen molar-refractivity contribution in [2.75, 3.05) is 18.5 Å². The number of amides is 2. The van der Waals surface area contributed by atoms with Crippen molar-refractivity contribution >= 4 is 29.3 Å². The van der Waals surface area contributed by atoms with Crippen LogP contribution in [0.4, 0.5) is 10.5 Å². The van der Waals surface area contributed by atoms with Crippen molar-refractivity contribution in [3.05, 3.63) is 65.2 Å². The average molecular weight is 361 g/mol. The molecule has 2 aromatic rings.